The minimum atomic E-state index is -0.477. The van der Waals surface area contributed by atoms with Crippen LogP contribution in [-0.2, 0) is 6.54 Å². The van der Waals surface area contributed by atoms with Crippen LogP contribution in [0, 0.1) is 5.82 Å². The third-order valence-corrected chi connectivity index (χ3v) is 3.91. The van der Waals surface area contributed by atoms with E-state index in [0.717, 1.165) is 0 Å². The van der Waals surface area contributed by atoms with E-state index in [2.05, 4.69) is 25.5 Å². The number of aromatic nitrogens is 6. The van der Waals surface area contributed by atoms with Crippen molar-refractivity contribution in [3.8, 4) is 0 Å². The number of hydrogen-bond donors (Lipinski definition) is 1. The lowest BCUT2D eigenvalue weighted by Gasteiger charge is -2.04. The molecule has 0 unspecified atom stereocenters. The van der Waals surface area contributed by atoms with Crippen molar-refractivity contribution in [3.05, 3.63) is 71.3 Å². The standard InChI is InChI=1S/C16H11ClFN7O/c17-13-6-11(18)3-2-10(13)8-24-9-12(7-20-24)21-15(26)14-22-16-19-4-1-5-25(16)23-14/h1-7,9H,8H2,(H,21,26). The molecule has 3 aromatic heterocycles. The van der Waals surface area contributed by atoms with E-state index >= 15 is 0 Å². The van der Waals surface area contributed by atoms with Crippen molar-refractivity contribution >= 4 is 29.0 Å². The molecule has 0 aliphatic carbocycles. The Balaban J connectivity index is 1.48. The fourth-order valence-electron chi connectivity index (χ4n) is 2.36. The molecule has 0 aliphatic heterocycles. The number of fused-ring (bicyclic) bond motifs is 1. The van der Waals surface area contributed by atoms with Crippen molar-refractivity contribution < 1.29 is 9.18 Å². The highest BCUT2D eigenvalue weighted by Crippen LogP contribution is 2.19. The Morgan fingerprint density at radius 1 is 1.35 bits per heavy atom. The number of nitrogens with one attached hydrogen (secondary N) is 1. The second-order valence-electron chi connectivity index (χ2n) is 5.42. The van der Waals surface area contributed by atoms with Crippen LogP contribution in [0.4, 0.5) is 10.1 Å². The van der Waals surface area contributed by atoms with Crippen LogP contribution in [0.5, 0.6) is 0 Å². The number of anilines is 1. The number of rotatable bonds is 4. The van der Waals surface area contributed by atoms with Gasteiger partial charge in [-0.15, -0.1) is 5.10 Å². The third-order valence-electron chi connectivity index (χ3n) is 3.56. The van der Waals surface area contributed by atoms with Crippen LogP contribution >= 0.6 is 11.6 Å². The SMILES string of the molecule is O=C(Nc1cnn(Cc2ccc(F)cc2Cl)c1)c1nc2ncccn2n1. The maximum atomic E-state index is 13.1. The van der Waals surface area contributed by atoms with Crippen LogP contribution in [0.1, 0.15) is 16.2 Å². The van der Waals surface area contributed by atoms with Gasteiger partial charge >= 0.3 is 0 Å². The van der Waals surface area contributed by atoms with Crippen molar-refractivity contribution in [1.29, 1.82) is 0 Å². The van der Waals surface area contributed by atoms with E-state index in [4.69, 9.17) is 11.6 Å². The lowest BCUT2D eigenvalue weighted by atomic mass is 10.2. The maximum absolute atomic E-state index is 13.1. The van der Waals surface area contributed by atoms with Gasteiger partial charge in [0.05, 0.1) is 18.4 Å². The molecule has 130 valence electrons. The summed E-state index contributed by atoms with van der Waals surface area (Å²) >= 11 is 6.01. The van der Waals surface area contributed by atoms with Crippen LogP contribution in [0.25, 0.3) is 5.78 Å². The van der Waals surface area contributed by atoms with E-state index in [0.29, 0.717) is 28.6 Å². The molecule has 4 aromatic rings. The molecular weight excluding hydrogens is 361 g/mol. The van der Waals surface area contributed by atoms with Crippen LogP contribution in [0.2, 0.25) is 5.02 Å². The number of nitrogens with zero attached hydrogens (tertiary/aromatic N) is 6. The number of carbonyl (C=O) groups is 1. The van der Waals surface area contributed by atoms with Gasteiger partial charge in [-0.25, -0.2) is 13.9 Å². The molecule has 0 saturated carbocycles. The van der Waals surface area contributed by atoms with Crippen molar-refractivity contribution in [3.63, 3.8) is 0 Å². The van der Waals surface area contributed by atoms with E-state index < -0.39 is 11.7 Å². The molecule has 8 nitrogen and oxygen atoms in total. The molecule has 1 aromatic carbocycles. The second-order valence-corrected chi connectivity index (χ2v) is 5.82. The molecule has 10 heteroatoms. The molecule has 0 aliphatic rings. The molecule has 0 fully saturated rings. The second kappa shape index (κ2) is 6.52. The van der Waals surface area contributed by atoms with E-state index in [9.17, 15) is 9.18 Å². The van der Waals surface area contributed by atoms with Gasteiger partial charge in [0.25, 0.3) is 11.7 Å². The van der Waals surface area contributed by atoms with Crippen LogP contribution < -0.4 is 5.32 Å². The molecule has 0 spiro atoms. The maximum Gasteiger partial charge on any atom is 0.295 e. The first-order chi connectivity index (χ1) is 12.6. The Bertz CT molecular complexity index is 1070. The monoisotopic (exact) mass is 371 g/mol. The summed E-state index contributed by atoms with van der Waals surface area (Å²) in [5, 5.41) is 11.2. The minimum absolute atomic E-state index is 0.00182. The fraction of sp³-hybridized carbons (Fsp3) is 0.0625. The summed E-state index contributed by atoms with van der Waals surface area (Å²) in [6, 6.07) is 5.85. The minimum Gasteiger partial charge on any atom is -0.316 e. The van der Waals surface area contributed by atoms with Crippen LogP contribution in [-0.4, -0.2) is 35.3 Å². The zero-order valence-electron chi connectivity index (χ0n) is 13.2. The predicted octanol–water partition coefficient (Wildman–Crippen LogP) is 2.41. The molecule has 4 rings (SSSR count). The lowest BCUT2D eigenvalue weighted by Crippen LogP contribution is -2.13. The summed E-state index contributed by atoms with van der Waals surface area (Å²) in [4.78, 5) is 20.3. The quantitative estimate of drug-likeness (QED) is 0.595. The largest absolute Gasteiger partial charge is 0.316 e. The number of benzene rings is 1. The highest BCUT2D eigenvalue weighted by molar-refractivity contribution is 6.31. The smallest absolute Gasteiger partial charge is 0.295 e. The van der Waals surface area contributed by atoms with Crippen LogP contribution in [0.15, 0.2) is 49.1 Å². The van der Waals surface area contributed by atoms with E-state index in [1.807, 2.05) is 0 Å². The molecule has 0 radical (unpaired) electrons. The first kappa shape index (κ1) is 16.2. The molecular formula is C16H11ClFN7O. The first-order valence-electron chi connectivity index (χ1n) is 7.53. The third kappa shape index (κ3) is 3.24. The van der Waals surface area contributed by atoms with Crippen LogP contribution in [0.3, 0.4) is 0 Å². The lowest BCUT2D eigenvalue weighted by molar-refractivity contribution is 0.101. The summed E-state index contributed by atoms with van der Waals surface area (Å²) in [6.07, 6.45) is 6.34. The summed E-state index contributed by atoms with van der Waals surface area (Å²) in [5.41, 5.74) is 1.18. The summed E-state index contributed by atoms with van der Waals surface area (Å²) in [7, 11) is 0. The van der Waals surface area contributed by atoms with Crippen molar-refractivity contribution in [2.75, 3.05) is 5.32 Å². The predicted molar refractivity (Wildman–Crippen MR) is 91.5 cm³/mol. The Morgan fingerprint density at radius 2 is 2.23 bits per heavy atom. The van der Waals surface area contributed by atoms with E-state index in [-0.39, 0.29) is 5.82 Å². The molecule has 0 saturated heterocycles. The zero-order valence-corrected chi connectivity index (χ0v) is 13.9. The molecule has 0 atom stereocenters. The van der Waals surface area contributed by atoms with E-state index in [1.165, 1.54) is 22.8 Å². The van der Waals surface area contributed by atoms with Crippen molar-refractivity contribution in [2.24, 2.45) is 0 Å². The Morgan fingerprint density at radius 3 is 3.04 bits per heavy atom. The van der Waals surface area contributed by atoms with Gasteiger partial charge < -0.3 is 5.32 Å². The fourth-order valence-corrected chi connectivity index (χ4v) is 2.58. The Kier molecular flexibility index (Phi) is 4.05. The highest BCUT2D eigenvalue weighted by atomic mass is 35.5. The van der Waals surface area contributed by atoms with Gasteiger partial charge in [-0.3, -0.25) is 9.48 Å². The number of hydrogen-bond acceptors (Lipinski definition) is 5. The Hall–Kier alpha value is -3.33. The van der Waals surface area contributed by atoms with Crippen molar-refractivity contribution in [1.82, 2.24) is 29.4 Å². The summed E-state index contributed by atoms with van der Waals surface area (Å²) in [6.45, 7) is 0.339. The van der Waals surface area contributed by atoms with Gasteiger partial charge in [-0.05, 0) is 23.8 Å². The van der Waals surface area contributed by atoms with Gasteiger partial charge in [-0.2, -0.15) is 10.1 Å². The van der Waals surface area contributed by atoms with Gasteiger partial charge in [-0.1, -0.05) is 17.7 Å². The zero-order chi connectivity index (χ0) is 18.1. The van der Waals surface area contributed by atoms with Gasteiger partial charge in [0, 0.05) is 23.6 Å². The summed E-state index contributed by atoms with van der Waals surface area (Å²) in [5.74, 6) is -0.547. The first-order valence-corrected chi connectivity index (χ1v) is 7.91. The molecule has 3 heterocycles. The van der Waals surface area contributed by atoms with Gasteiger partial charge in [0.1, 0.15) is 5.82 Å². The molecule has 0 bridgehead atoms. The van der Waals surface area contributed by atoms with Gasteiger partial charge in [0.15, 0.2) is 0 Å². The Labute approximate surface area is 151 Å². The topological polar surface area (TPSA) is 90.0 Å². The molecule has 26 heavy (non-hydrogen) atoms. The summed E-state index contributed by atoms with van der Waals surface area (Å²) < 4.78 is 16.1. The van der Waals surface area contributed by atoms with Crippen molar-refractivity contribution in [2.45, 2.75) is 6.54 Å². The molecule has 1 N–H and O–H groups in total. The highest BCUT2D eigenvalue weighted by Gasteiger charge is 2.14. The average molecular weight is 372 g/mol. The normalized spacial score (nSPS) is 11.0. The van der Waals surface area contributed by atoms with E-state index in [1.54, 1.807) is 35.4 Å². The average Bonchev–Trinajstić information content (AvgIpc) is 3.24. The van der Waals surface area contributed by atoms with Gasteiger partial charge in [0.2, 0.25) is 5.82 Å². The number of amides is 1. The number of carbonyl (C=O) groups excluding carboxylic acids is 1. The molecule has 1 amide bonds. The number of halogens is 2.